The van der Waals surface area contributed by atoms with Crippen molar-refractivity contribution in [1.82, 2.24) is 0 Å². The van der Waals surface area contributed by atoms with Crippen molar-refractivity contribution in [2.75, 3.05) is 13.2 Å². The lowest BCUT2D eigenvalue weighted by molar-refractivity contribution is -0.143. The Morgan fingerprint density at radius 3 is 2.64 bits per heavy atom. The summed E-state index contributed by atoms with van der Waals surface area (Å²) in [5.74, 6) is -0.216. The number of carbonyl (C=O) groups excluding carboxylic acids is 1. The molecule has 0 amide bonds. The lowest BCUT2D eigenvalue weighted by atomic mass is 10.1. The van der Waals surface area contributed by atoms with Gasteiger partial charge in [-0.05, 0) is 25.3 Å². The Morgan fingerprint density at radius 2 is 2.00 bits per heavy atom. The highest BCUT2D eigenvalue weighted by Gasteiger charge is 2.15. The van der Waals surface area contributed by atoms with Gasteiger partial charge in [0.1, 0.15) is 0 Å². The molecule has 1 rings (SSSR count). The standard InChI is InChI=1S/C17H26O5/c1-2-21-17(20)10-6-9-16(11-15(19)12-18)22-13-14-7-4-3-5-8-14/h3-5,7-8,15-16,18-19H,2,6,9-13H2,1H3/t15-,16-/m1/s1. The summed E-state index contributed by atoms with van der Waals surface area (Å²) in [4.78, 5) is 11.3. The molecule has 0 unspecified atom stereocenters. The van der Waals surface area contributed by atoms with Gasteiger partial charge in [-0.2, -0.15) is 0 Å². The van der Waals surface area contributed by atoms with Crippen molar-refractivity contribution in [2.24, 2.45) is 0 Å². The van der Waals surface area contributed by atoms with Gasteiger partial charge in [0, 0.05) is 12.8 Å². The third kappa shape index (κ3) is 8.12. The predicted molar refractivity (Wildman–Crippen MR) is 83.2 cm³/mol. The van der Waals surface area contributed by atoms with E-state index in [4.69, 9.17) is 14.6 Å². The van der Waals surface area contributed by atoms with Crippen molar-refractivity contribution in [1.29, 1.82) is 0 Å². The third-order valence-electron chi connectivity index (χ3n) is 3.29. The van der Waals surface area contributed by atoms with Crippen LogP contribution in [-0.2, 0) is 20.9 Å². The van der Waals surface area contributed by atoms with Crippen LogP contribution in [0.4, 0.5) is 0 Å². The third-order valence-corrected chi connectivity index (χ3v) is 3.29. The predicted octanol–water partition coefficient (Wildman–Crippen LogP) is 2.05. The molecule has 0 spiro atoms. The van der Waals surface area contributed by atoms with Crippen LogP contribution < -0.4 is 0 Å². The Labute approximate surface area is 131 Å². The molecule has 0 saturated carbocycles. The molecular formula is C17H26O5. The maximum atomic E-state index is 11.3. The number of hydrogen-bond acceptors (Lipinski definition) is 5. The molecule has 124 valence electrons. The summed E-state index contributed by atoms with van der Waals surface area (Å²) in [5, 5.41) is 18.6. The SMILES string of the molecule is CCOC(=O)CCC[C@H](C[C@@H](O)CO)OCc1ccccc1. The van der Waals surface area contributed by atoms with Gasteiger partial charge in [0.15, 0.2) is 0 Å². The lowest BCUT2D eigenvalue weighted by Crippen LogP contribution is -2.23. The van der Waals surface area contributed by atoms with Crippen LogP contribution >= 0.6 is 0 Å². The zero-order valence-electron chi connectivity index (χ0n) is 13.1. The van der Waals surface area contributed by atoms with Crippen molar-refractivity contribution in [3.05, 3.63) is 35.9 Å². The number of esters is 1. The van der Waals surface area contributed by atoms with Crippen LogP contribution in [0.15, 0.2) is 30.3 Å². The monoisotopic (exact) mass is 310 g/mol. The van der Waals surface area contributed by atoms with Gasteiger partial charge in [-0.3, -0.25) is 4.79 Å². The van der Waals surface area contributed by atoms with Crippen molar-refractivity contribution in [3.63, 3.8) is 0 Å². The molecule has 22 heavy (non-hydrogen) atoms. The summed E-state index contributed by atoms with van der Waals surface area (Å²) in [6.45, 7) is 2.32. The first kappa shape index (κ1) is 18.6. The summed E-state index contributed by atoms with van der Waals surface area (Å²) < 4.78 is 10.7. The number of aliphatic hydroxyl groups excluding tert-OH is 2. The number of ether oxygens (including phenoxy) is 2. The number of rotatable bonds is 11. The van der Waals surface area contributed by atoms with Crippen molar-refractivity contribution < 1.29 is 24.5 Å². The Morgan fingerprint density at radius 1 is 1.27 bits per heavy atom. The number of hydrogen-bond donors (Lipinski definition) is 2. The molecule has 5 heteroatoms. The molecule has 5 nitrogen and oxygen atoms in total. The maximum Gasteiger partial charge on any atom is 0.305 e. The first-order valence-corrected chi connectivity index (χ1v) is 7.75. The molecule has 2 N–H and O–H groups in total. The topological polar surface area (TPSA) is 76.0 Å². The lowest BCUT2D eigenvalue weighted by Gasteiger charge is -2.20. The fourth-order valence-electron chi connectivity index (χ4n) is 2.14. The second-order valence-corrected chi connectivity index (χ2v) is 5.19. The fourth-order valence-corrected chi connectivity index (χ4v) is 2.14. The van der Waals surface area contributed by atoms with Gasteiger partial charge in [-0.1, -0.05) is 30.3 Å². The summed E-state index contributed by atoms with van der Waals surface area (Å²) in [6.07, 6.45) is 0.972. The van der Waals surface area contributed by atoms with Gasteiger partial charge in [0.25, 0.3) is 0 Å². The van der Waals surface area contributed by atoms with Gasteiger partial charge >= 0.3 is 5.97 Å². The van der Waals surface area contributed by atoms with E-state index in [0.717, 1.165) is 5.56 Å². The first-order valence-electron chi connectivity index (χ1n) is 7.75. The molecule has 0 bridgehead atoms. The zero-order valence-corrected chi connectivity index (χ0v) is 13.1. The van der Waals surface area contributed by atoms with E-state index in [9.17, 15) is 9.90 Å². The normalized spacial score (nSPS) is 13.6. The number of benzene rings is 1. The van der Waals surface area contributed by atoms with E-state index in [0.29, 0.717) is 38.9 Å². The molecule has 0 aliphatic carbocycles. The van der Waals surface area contributed by atoms with E-state index in [1.807, 2.05) is 30.3 Å². The largest absolute Gasteiger partial charge is 0.466 e. The minimum atomic E-state index is -0.802. The number of carbonyl (C=O) groups is 1. The molecule has 0 heterocycles. The molecule has 0 aromatic heterocycles. The van der Waals surface area contributed by atoms with Gasteiger partial charge in [-0.25, -0.2) is 0 Å². The van der Waals surface area contributed by atoms with Crippen LogP contribution in [-0.4, -0.2) is 41.6 Å². The smallest absolute Gasteiger partial charge is 0.305 e. The molecule has 0 radical (unpaired) electrons. The molecule has 1 aromatic carbocycles. The van der Waals surface area contributed by atoms with Crippen LogP contribution in [0.2, 0.25) is 0 Å². The molecule has 0 aliphatic rings. The van der Waals surface area contributed by atoms with Crippen LogP contribution in [0.1, 0.15) is 38.2 Å². The minimum absolute atomic E-state index is 0.197. The maximum absolute atomic E-state index is 11.3. The van der Waals surface area contributed by atoms with Gasteiger partial charge in [0.05, 0.1) is 32.0 Å². The van der Waals surface area contributed by atoms with Crippen LogP contribution in [0, 0.1) is 0 Å². The minimum Gasteiger partial charge on any atom is -0.466 e. The number of aliphatic hydroxyl groups is 2. The second kappa shape index (κ2) is 11.2. The summed E-state index contributed by atoms with van der Waals surface area (Å²) >= 11 is 0. The summed E-state index contributed by atoms with van der Waals surface area (Å²) in [5.41, 5.74) is 1.05. The Hall–Kier alpha value is -1.43. The summed E-state index contributed by atoms with van der Waals surface area (Å²) in [6, 6.07) is 9.76. The Kier molecular flexibility index (Phi) is 9.46. The molecule has 0 fully saturated rings. The van der Waals surface area contributed by atoms with Crippen molar-refractivity contribution in [2.45, 2.75) is 51.4 Å². The van der Waals surface area contributed by atoms with Gasteiger partial charge in [0.2, 0.25) is 0 Å². The average molecular weight is 310 g/mol. The van der Waals surface area contributed by atoms with E-state index in [1.54, 1.807) is 6.92 Å². The molecular weight excluding hydrogens is 284 g/mol. The Bertz CT molecular complexity index is 407. The fraction of sp³-hybridized carbons (Fsp3) is 0.588. The molecule has 0 aliphatic heterocycles. The first-order chi connectivity index (χ1) is 10.7. The molecule has 1 aromatic rings. The van der Waals surface area contributed by atoms with E-state index in [1.165, 1.54) is 0 Å². The van der Waals surface area contributed by atoms with Crippen LogP contribution in [0.3, 0.4) is 0 Å². The van der Waals surface area contributed by atoms with Gasteiger partial charge < -0.3 is 19.7 Å². The van der Waals surface area contributed by atoms with Crippen LogP contribution in [0.5, 0.6) is 0 Å². The zero-order chi connectivity index (χ0) is 16.2. The second-order valence-electron chi connectivity index (χ2n) is 5.19. The van der Waals surface area contributed by atoms with Crippen molar-refractivity contribution >= 4 is 5.97 Å². The Balaban J connectivity index is 2.40. The van der Waals surface area contributed by atoms with E-state index in [2.05, 4.69) is 0 Å². The quantitative estimate of drug-likeness (QED) is 0.612. The van der Waals surface area contributed by atoms with Gasteiger partial charge in [-0.15, -0.1) is 0 Å². The molecule has 2 atom stereocenters. The highest BCUT2D eigenvalue weighted by Crippen LogP contribution is 2.14. The van der Waals surface area contributed by atoms with Crippen molar-refractivity contribution in [3.8, 4) is 0 Å². The molecule has 0 saturated heterocycles. The van der Waals surface area contributed by atoms with Crippen LogP contribution in [0.25, 0.3) is 0 Å². The average Bonchev–Trinajstić information content (AvgIpc) is 2.53. The van der Waals surface area contributed by atoms with E-state index < -0.39 is 6.10 Å². The highest BCUT2D eigenvalue weighted by molar-refractivity contribution is 5.69. The van der Waals surface area contributed by atoms with E-state index in [-0.39, 0.29) is 18.7 Å². The summed E-state index contributed by atoms with van der Waals surface area (Å²) in [7, 11) is 0. The van der Waals surface area contributed by atoms with E-state index >= 15 is 0 Å². The highest BCUT2D eigenvalue weighted by atomic mass is 16.5.